The Balaban J connectivity index is 2.68. The van der Waals surface area contributed by atoms with Crippen molar-refractivity contribution < 1.29 is 14.3 Å². The van der Waals surface area contributed by atoms with Gasteiger partial charge < -0.3 is 10.1 Å². The number of carbonyl (C=O) groups is 2. The third-order valence-electron chi connectivity index (χ3n) is 2.49. The lowest BCUT2D eigenvalue weighted by Gasteiger charge is -2.17. The molecule has 0 spiro atoms. The van der Waals surface area contributed by atoms with Gasteiger partial charge in [-0.3, -0.25) is 4.79 Å². The zero-order valence-electron chi connectivity index (χ0n) is 10.8. The molecule has 1 unspecified atom stereocenters. The summed E-state index contributed by atoms with van der Waals surface area (Å²) in [5.74, 6) is -0.612. The van der Waals surface area contributed by atoms with Crippen molar-refractivity contribution in [3.8, 4) is 0 Å². The summed E-state index contributed by atoms with van der Waals surface area (Å²) in [6, 6.07) is -0.603. The van der Waals surface area contributed by atoms with Crippen LogP contribution in [0.25, 0.3) is 0 Å². The lowest BCUT2D eigenvalue weighted by Crippen LogP contribution is -2.41. The summed E-state index contributed by atoms with van der Waals surface area (Å²) in [6.45, 7) is 3.46. The first kappa shape index (κ1) is 14.2. The first-order valence-electron chi connectivity index (χ1n) is 6.08. The van der Waals surface area contributed by atoms with Gasteiger partial charge in [-0.2, -0.15) is 0 Å². The maximum atomic E-state index is 11.7. The van der Waals surface area contributed by atoms with Crippen LogP contribution in [0.5, 0.6) is 0 Å². The molecule has 1 aliphatic rings. The fourth-order valence-corrected chi connectivity index (χ4v) is 1.72. The first-order valence-corrected chi connectivity index (χ1v) is 6.08. The molecule has 1 aliphatic carbocycles. The van der Waals surface area contributed by atoms with Gasteiger partial charge in [0.1, 0.15) is 6.04 Å². The number of esters is 1. The monoisotopic (exact) mass is 249 g/mol. The molecule has 0 saturated carbocycles. The van der Waals surface area contributed by atoms with Gasteiger partial charge in [0.05, 0.1) is 6.61 Å². The molecule has 0 radical (unpaired) electrons. The van der Waals surface area contributed by atoms with Crippen LogP contribution in [-0.2, 0) is 14.3 Å². The lowest BCUT2D eigenvalue weighted by atomic mass is 10.0. The average molecular weight is 249 g/mol. The number of hydrogen-bond donors (Lipinski definition) is 1. The van der Waals surface area contributed by atoms with Crippen LogP contribution in [0.1, 0.15) is 26.7 Å². The Kier molecular flexibility index (Phi) is 5.91. The van der Waals surface area contributed by atoms with Gasteiger partial charge in [0, 0.05) is 6.92 Å². The van der Waals surface area contributed by atoms with E-state index in [4.69, 9.17) is 4.74 Å². The van der Waals surface area contributed by atoms with E-state index in [9.17, 15) is 9.59 Å². The molecule has 1 N–H and O–H groups in total. The second-order valence-electron chi connectivity index (χ2n) is 4.05. The van der Waals surface area contributed by atoms with E-state index in [0.29, 0.717) is 13.0 Å². The summed E-state index contributed by atoms with van der Waals surface area (Å²) in [7, 11) is 0. The molecule has 98 valence electrons. The van der Waals surface area contributed by atoms with E-state index in [2.05, 4.69) is 5.32 Å². The molecular formula is C14H19NO3. The smallest absolute Gasteiger partial charge is 0.328 e. The standard InChI is InChI=1S/C14H19NO3/c1-3-18-14(17)13(15-11(2)16)10-12-8-6-4-5-7-9-12/h4-8,13H,3,9-10H2,1-2H3,(H,15,16). The fraction of sp³-hybridized carbons (Fsp3) is 0.429. The predicted octanol–water partition coefficient (Wildman–Crippen LogP) is 1.89. The van der Waals surface area contributed by atoms with E-state index in [1.807, 2.05) is 30.4 Å². The molecule has 1 rings (SSSR count). The van der Waals surface area contributed by atoms with Crippen LogP contribution in [0.3, 0.4) is 0 Å². The van der Waals surface area contributed by atoms with Crippen LogP contribution < -0.4 is 5.32 Å². The van der Waals surface area contributed by atoms with Crippen molar-refractivity contribution in [2.45, 2.75) is 32.7 Å². The maximum Gasteiger partial charge on any atom is 0.328 e. The van der Waals surface area contributed by atoms with E-state index >= 15 is 0 Å². The number of amides is 1. The SMILES string of the molecule is CCOC(=O)C(CC1=CC=CC=CC1)NC(C)=O. The summed E-state index contributed by atoms with van der Waals surface area (Å²) in [4.78, 5) is 22.8. The van der Waals surface area contributed by atoms with Gasteiger partial charge in [0.25, 0.3) is 0 Å². The van der Waals surface area contributed by atoms with Crippen LogP contribution in [0, 0.1) is 0 Å². The third kappa shape index (κ3) is 4.99. The van der Waals surface area contributed by atoms with Gasteiger partial charge >= 0.3 is 5.97 Å². The molecule has 0 fully saturated rings. The van der Waals surface area contributed by atoms with Gasteiger partial charge in [-0.1, -0.05) is 36.0 Å². The van der Waals surface area contributed by atoms with Gasteiger partial charge in [-0.25, -0.2) is 4.79 Å². The molecular weight excluding hydrogens is 230 g/mol. The molecule has 18 heavy (non-hydrogen) atoms. The summed E-state index contributed by atoms with van der Waals surface area (Å²) in [5, 5.41) is 2.63. The van der Waals surface area contributed by atoms with Crippen LogP contribution in [-0.4, -0.2) is 24.5 Å². The number of rotatable bonds is 5. The zero-order chi connectivity index (χ0) is 13.4. The molecule has 0 aromatic heterocycles. The minimum atomic E-state index is -0.603. The molecule has 0 heterocycles. The molecule has 0 aliphatic heterocycles. The lowest BCUT2D eigenvalue weighted by molar-refractivity contribution is -0.147. The van der Waals surface area contributed by atoms with E-state index in [-0.39, 0.29) is 11.9 Å². The highest BCUT2D eigenvalue weighted by Gasteiger charge is 2.21. The Morgan fingerprint density at radius 3 is 2.83 bits per heavy atom. The van der Waals surface area contributed by atoms with E-state index < -0.39 is 6.04 Å². The maximum absolute atomic E-state index is 11.7. The molecule has 0 aromatic carbocycles. The molecule has 4 nitrogen and oxygen atoms in total. The quantitative estimate of drug-likeness (QED) is 0.757. The van der Waals surface area contributed by atoms with E-state index in [1.54, 1.807) is 6.92 Å². The highest BCUT2D eigenvalue weighted by atomic mass is 16.5. The fourth-order valence-electron chi connectivity index (χ4n) is 1.72. The van der Waals surface area contributed by atoms with Crippen molar-refractivity contribution in [3.05, 3.63) is 36.0 Å². The first-order chi connectivity index (χ1) is 8.63. The van der Waals surface area contributed by atoms with Crippen molar-refractivity contribution >= 4 is 11.9 Å². The summed E-state index contributed by atoms with van der Waals surface area (Å²) in [5.41, 5.74) is 1.09. The largest absolute Gasteiger partial charge is 0.464 e. The molecule has 0 saturated heterocycles. The van der Waals surface area contributed by atoms with Gasteiger partial charge in [0.15, 0.2) is 0 Å². The Labute approximate surface area is 107 Å². The van der Waals surface area contributed by atoms with Crippen molar-refractivity contribution in [2.24, 2.45) is 0 Å². The highest BCUT2D eigenvalue weighted by molar-refractivity contribution is 5.83. The summed E-state index contributed by atoms with van der Waals surface area (Å²) < 4.78 is 4.96. The number of nitrogens with one attached hydrogen (secondary N) is 1. The van der Waals surface area contributed by atoms with Gasteiger partial charge in [-0.15, -0.1) is 0 Å². The molecule has 4 heteroatoms. The minimum absolute atomic E-state index is 0.228. The molecule has 0 bridgehead atoms. The van der Waals surface area contributed by atoms with Crippen LogP contribution in [0.15, 0.2) is 36.0 Å². The Morgan fingerprint density at radius 1 is 1.39 bits per heavy atom. The van der Waals surface area contributed by atoms with Gasteiger partial charge in [0.2, 0.25) is 5.91 Å². The second-order valence-corrected chi connectivity index (χ2v) is 4.05. The average Bonchev–Trinajstić information content (AvgIpc) is 2.56. The minimum Gasteiger partial charge on any atom is -0.464 e. The van der Waals surface area contributed by atoms with Crippen molar-refractivity contribution in [1.82, 2.24) is 5.32 Å². The number of ether oxygens (including phenoxy) is 1. The zero-order valence-corrected chi connectivity index (χ0v) is 10.8. The van der Waals surface area contributed by atoms with Crippen molar-refractivity contribution in [2.75, 3.05) is 6.61 Å². The number of hydrogen-bond acceptors (Lipinski definition) is 3. The molecule has 0 aromatic rings. The molecule has 1 amide bonds. The Hall–Kier alpha value is -1.84. The Bertz CT molecular complexity index is 394. The van der Waals surface area contributed by atoms with Crippen LogP contribution in [0.2, 0.25) is 0 Å². The number of allylic oxidation sites excluding steroid dienone is 5. The predicted molar refractivity (Wildman–Crippen MR) is 69.8 cm³/mol. The summed E-state index contributed by atoms with van der Waals surface area (Å²) >= 11 is 0. The van der Waals surface area contributed by atoms with Crippen LogP contribution in [0.4, 0.5) is 0 Å². The van der Waals surface area contributed by atoms with E-state index in [0.717, 1.165) is 12.0 Å². The van der Waals surface area contributed by atoms with Crippen LogP contribution >= 0.6 is 0 Å². The van der Waals surface area contributed by atoms with Crippen molar-refractivity contribution in [1.29, 1.82) is 0 Å². The topological polar surface area (TPSA) is 55.4 Å². The normalized spacial score (nSPS) is 15.6. The number of carbonyl (C=O) groups excluding carboxylic acids is 2. The van der Waals surface area contributed by atoms with Gasteiger partial charge in [-0.05, 0) is 19.8 Å². The summed E-state index contributed by atoms with van der Waals surface area (Å²) in [6.07, 6.45) is 11.1. The third-order valence-corrected chi connectivity index (χ3v) is 2.49. The molecule has 1 atom stereocenters. The Morgan fingerprint density at radius 2 is 2.17 bits per heavy atom. The van der Waals surface area contributed by atoms with Crippen molar-refractivity contribution in [3.63, 3.8) is 0 Å². The highest BCUT2D eigenvalue weighted by Crippen LogP contribution is 2.14. The van der Waals surface area contributed by atoms with E-state index in [1.165, 1.54) is 6.92 Å². The second kappa shape index (κ2) is 7.48.